The zero-order valence-electron chi connectivity index (χ0n) is 36.9. The third-order valence-electron chi connectivity index (χ3n) is 14.6. The van der Waals surface area contributed by atoms with E-state index in [9.17, 15) is 0 Å². The molecule has 0 N–H and O–H groups in total. The summed E-state index contributed by atoms with van der Waals surface area (Å²) in [4.78, 5) is 2.45. The Hall–Kier alpha value is -7.78. The van der Waals surface area contributed by atoms with Gasteiger partial charge >= 0.3 is 0 Å². The molecule has 0 saturated heterocycles. The minimum absolute atomic E-state index is 0.143. The third-order valence-corrected chi connectivity index (χ3v) is 15.9. The van der Waals surface area contributed by atoms with E-state index in [1.54, 1.807) is 0 Å². The number of hydrogen-bond acceptors (Lipinski definition) is 2. The van der Waals surface area contributed by atoms with E-state index < -0.39 is 5.41 Å². The molecule has 2 aliphatic carbocycles. The highest BCUT2D eigenvalue weighted by atomic mass is 32.1. The summed E-state index contributed by atoms with van der Waals surface area (Å²) in [6, 6.07) is 88.0. The fourth-order valence-corrected chi connectivity index (χ4v) is 13.0. The van der Waals surface area contributed by atoms with Gasteiger partial charge in [-0.25, -0.2) is 0 Å². The molecular weight excluding hydrogens is 815 g/mol. The Bertz CT molecular complexity index is 3520. The van der Waals surface area contributed by atoms with Crippen molar-refractivity contribution in [3.05, 3.63) is 270 Å². The van der Waals surface area contributed by atoms with Crippen LogP contribution in [0.15, 0.2) is 237 Å². The molecule has 1 spiro atoms. The molecule has 0 radical (unpaired) electrons. The molecule has 312 valence electrons. The molecule has 0 atom stereocenters. The minimum Gasteiger partial charge on any atom is -0.309 e. The molecule has 0 fully saturated rings. The zero-order valence-corrected chi connectivity index (χ0v) is 37.7. The SMILES string of the molecule is CC1(C)c2ccccc2C2(c3ccccc3-c3c(-c4cccc5c4sc4c(N(c6ccc(-c7ccccc7)cc6)c6ccc(-c7ccccc7)cc6)cccc45)cccc32)c2ccccc21. The van der Waals surface area contributed by atoms with E-state index in [1.165, 1.54) is 104 Å². The van der Waals surface area contributed by atoms with Crippen LogP contribution in [0.25, 0.3) is 64.7 Å². The van der Waals surface area contributed by atoms with E-state index in [4.69, 9.17) is 0 Å². The lowest BCUT2D eigenvalue weighted by molar-refractivity contribution is 0.563. The number of fused-ring (bicyclic) bond motifs is 12. The second-order valence-corrected chi connectivity index (χ2v) is 19.4. The maximum absolute atomic E-state index is 2.45. The van der Waals surface area contributed by atoms with E-state index in [1.807, 2.05) is 11.3 Å². The molecule has 13 rings (SSSR count). The van der Waals surface area contributed by atoms with E-state index in [0.29, 0.717) is 0 Å². The first-order valence-electron chi connectivity index (χ1n) is 23.0. The van der Waals surface area contributed by atoms with Crippen LogP contribution in [0.4, 0.5) is 17.1 Å². The first-order chi connectivity index (χ1) is 32.5. The molecule has 0 unspecified atom stereocenters. The zero-order chi connectivity index (χ0) is 44.0. The quantitative estimate of drug-likeness (QED) is 0.161. The van der Waals surface area contributed by atoms with E-state index in [2.05, 4.69) is 255 Å². The average Bonchev–Trinajstić information content (AvgIpc) is 3.92. The van der Waals surface area contributed by atoms with Crippen LogP contribution in [0.5, 0.6) is 0 Å². The Morgan fingerprint density at radius 1 is 0.318 bits per heavy atom. The van der Waals surface area contributed by atoms with Gasteiger partial charge in [0.2, 0.25) is 0 Å². The molecule has 0 saturated carbocycles. The van der Waals surface area contributed by atoms with Crippen molar-refractivity contribution in [1.29, 1.82) is 0 Å². The van der Waals surface area contributed by atoms with Crippen molar-refractivity contribution in [2.75, 3.05) is 4.90 Å². The van der Waals surface area contributed by atoms with Crippen LogP contribution >= 0.6 is 11.3 Å². The molecule has 2 heteroatoms. The molecule has 1 nitrogen and oxygen atoms in total. The lowest BCUT2D eigenvalue weighted by Gasteiger charge is -2.46. The summed E-state index contributed by atoms with van der Waals surface area (Å²) in [5.41, 5.74) is 21.1. The highest BCUT2D eigenvalue weighted by Crippen LogP contribution is 2.63. The Morgan fingerprint density at radius 2 is 0.742 bits per heavy atom. The van der Waals surface area contributed by atoms with Crippen molar-refractivity contribution in [3.63, 3.8) is 0 Å². The van der Waals surface area contributed by atoms with Gasteiger partial charge in [0.05, 0.1) is 15.8 Å². The summed E-state index contributed by atoms with van der Waals surface area (Å²) in [6.45, 7) is 4.79. The summed E-state index contributed by atoms with van der Waals surface area (Å²) in [5, 5.41) is 2.55. The number of benzene rings is 10. The van der Waals surface area contributed by atoms with Crippen LogP contribution in [-0.4, -0.2) is 0 Å². The van der Waals surface area contributed by atoms with Crippen LogP contribution in [0, 0.1) is 0 Å². The monoisotopic (exact) mass is 859 g/mol. The summed E-state index contributed by atoms with van der Waals surface area (Å²) in [6.07, 6.45) is 0. The lowest BCUT2D eigenvalue weighted by atomic mass is 9.55. The average molecular weight is 860 g/mol. The highest BCUT2D eigenvalue weighted by molar-refractivity contribution is 7.27. The van der Waals surface area contributed by atoms with Gasteiger partial charge in [0, 0.05) is 37.8 Å². The highest BCUT2D eigenvalue weighted by Gasteiger charge is 2.53. The summed E-state index contributed by atoms with van der Waals surface area (Å²) in [7, 11) is 0. The maximum atomic E-state index is 2.45. The normalized spacial score (nSPS) is 13.8. The van der Waals surface area contributed by atoms with Gasteiger partial charge in [-0.2, -0.15) is 0 Å². The molecule has 2 aliphatic rings. The van der Waals surface area contributed by atoms with Crippen molar-refractivity contribution in [1.82, 2.24) is 0 Å². The molecular formula is C64H45NS. The number of hydrogen-bond donors (Lipinski definition) is 0. The largest absolute Gasteiger partial charge is 0.309 e. The van der Waals surface area contributed by atoms with Gasteiger partial charge in [-0.3, -0.25) is 0 Å². The Morgan fingerprint density at radius 3 is 1.33 bits per heavy atom. The second-order valence-electron chi connectivity index (χ2n) is 18.3. The number of rotatable bonds is 6. The summed E-state index contributed by atoms with van der Waals surface area (Å²) in [5.74, 6) is 0. The number of nitrogens with zero attached hydrogens (tertiary/aromatic N) is 1. The third kappa shape index (κ3) is 5.58. The molecule has 0 bridgehead atoms. The van der Waals surface area contributed by atoms with Crippen molar-refractivity contribution in [2.45, 2.75) is 24.7 Å². The molecule has 10 aromatic carbocycles. The van der Waals surface area contributed by atoms with Gasteiger partial charge < -0.3 is 4.90 Å². The predicted octanol–water partition coefficient (Wildman–Crippen LogP) is 17.5. The van der Waals surface area contributed by atoms with Crippen molar-refractivity contribution in [3.8, 4) is 44.5 Å². The van der Waals surface area contributed by atoms with Crippen LogP contribution in [0.3, 0.4) is 0 Å². The van der Waals surface area contributed by atoms with Gasteiger partial charge in [-0.15, -0.1) is 11.3 Å². The number of thiophene rings is 1. The minimum atomic E-state index is -0.446. The standard InChI is InChI=1S/C64H45NS/c1-63(2)54-28-11-13-30-56(54)64(57-31-14-12-29-55(57)63)53-27-10-9-22-52(53)60-48(23-16-32-58(60)64)49-24-15-25-50-51-26-17-33-59(62(51)66-61(49)50)65(46-38-34-44(35-39-46)42-18-5-3-6-19-42)47-40-36-45(37-41-47)43-20-7-4-8-21-43/h3-41H,1-2H3. The van der Waals surface area contributed by atoms with Gasteiger partial charge in [0.15, 0.2) is 0 Å². The molecule has 0 amide bonds. The van der Waals surface area contributed by atoms with Crippen LogP contribution in [-0.2, 0) is 10.8 Å². The Labute approximate surface area is 390 Å². The topological polar surface area (TPSA) is 3.24 Å². The summed E-state index contributed by atoms with van der Waals surface area (Å²) < 4.78 is 2.57. The molecule has 0 aliphatic heterocycles. The van der Waals surface area contributed by atoms with Gasteiger partial charge in [-0.05, 0) is 103 Å². The molecule has 11 aromatic rings. The van der Waals surface area contributed by atoms with Crippen molar-refractivity contribution < 1.29 is 0 Å². The maximum Gasteiger partial charge on any atom is 0.0719 e. The van der Waals surface area contributed by atoms with Crippen LogP contribution in [0.2, 0.25) is 0 Å². The van der Waals surface area contributed by atoms with E-state index in [0.717, 1.165) is 11.4 Å². The smallest absolute Gasteiger partial charge is 0.0719 e. The van der Waals surface area contributed by atoms with E-state index in [-0.39, 0.29) is 5.41 Å². The number of anilines is 3. The van der Waals surface area contributed by atoms with Crippen molar-refractivity contribution in [2.24, 2.45) is 0 Å². The molecule has 1 heterocycles. The van der Waals surface area contributed by atoms with E-state index >= 15 is 0 Å². The second kappa shape index (κ2) is 14.9. The van der Waals surface area contributed by atoms with Gasteiger partial charge in [-0.1, -0.05) is 220 Å². The summed E-state index contributed by atoms with van der Waals surface area (Å²) >= 11 is 1.92. The van der Waals surface area contributed by atoms with Gasteiger partial charge in [0.25, 0.3) is 0 Å². The predicted molar refractivity (Wildman–Crippen MR) is 280 cm³/mol. The van der Waals surface area contributed by atoms with Crippen LogP contribution in [0.1, 0.15) is 47.2 Å². The molecule has 1 aromatic heterocycles. The van der Waals surface area contributed by atoms with Crippen molar-refractivity contribution >= 4 is 48.6 Å². The Kier molecular flexibility index (Phi) is 8.72. The fraction of sp³-hybridized carbons (Fsp3) is 0.0625. The first kappa shape index (κ1) is 38.7. The van der Waals surface area contributed by atoms with Gasteiger partial charge in [0.1, 0.15) is 0 Å². The Balaban J connectivity index is 1.02. The molecule has 66 heavy (non-hydrogen) atoms. The fourth-order valence-electron chi connectivity index (χ4n) is 11.6. The van der Waals surface area contributed by atoms with Crippen LogP contribution < -0.4 is 4.90 Å². The lowest BCUT2D eigenvalue weighted by Crippen LogP contribution is -2.40. The first-order valence-corrected chi connectivity index (χ1v) is 23.8.